The van der Waals surface area contributed by atoms with E-state index in [0.29, 0.717) is 0 Å². The van der Waals surface area contributed by atoms with Gasteiger partial charge < -0.3 is 24.9 Å². The maximum absolute atomic E-state index is 10.6. The van der Waals surface area contributed by atoms with E-state index in [1.165, 1.54) is 33.9 Å². The van der Waals surface area contributed by atoms with E-state index in [2.05, 4.69) is 108 Å². The number of aromatic amines is 1. The normalized spacial score (nSPS) is 11.5. The van der Waals surface area contributed by atoms with Crippen LogP contribution in [0.15, 0.2) is 61.1 Å². The third kappa shape index (κ3) is 14.2. The number of carbonyl (C=O) groups excluding carboxylic acids is 1. The third-order valence-electron chi connectivity index (χ3n) is 5.56. The summed E-state index contributed by atoms with van der Waals surface area (Å²) in [5, 5.41) is 15.9. The summed E-state index contributed by atoms with van der Waals surface area (Å²) in [6.45, 7) is 5.38. The zero-order chi connectivity index (χ0) is 32.8. The lowest BCUT2D eigenvalue weighted by molar-refractivity contribution is -0.708. The number of benzene rings is 1. The number of nitrogens with one attached hydrogen (secondary N) is 1. The molecule has 0 atom stereocenters. The number of carboxylic acid groups (broad SMARTS) is 2. The van der Waals surface area contributed by atoms with Crippen LogP contribution in [0.1, 0.15) is 34.6 Å². The zero-order valence-corrected chi connectivity index (χ0v) is 23.8. The molecule has 43 heavy (non-hydrogen) atoms. The summed E-state index contributed by atoms with van der Waals surface area (Å²) in [6, 6.07) is 13.1. The fraction of sp³-hybridized carbons (Fsp3) is 0.310. The van der Waals surface area contributed by atoms with E-state index in [4.69, 9.17) is 19.8 Å². The van der Waals surface area contributed by atoms with Gasteiger partial charge >= 0.3 is 18.3 Å². The van der Waals surface area contributed by atoms with E-state index in [1.807, 2.05) is 6.20 Å². The molecule has 14 heteroatoms. The number of carboxylic acids is 2. The molecule has 1 aromatic carbocycles. The molecule has 0 radical (unpaired) electrons. The van der Waals surface area contributed by atoms with Crippen molar-refractivity contribution in [3.8, 4) is 0 Å². The molecule has 0 amide bonds. The molecule has 0 unspecified atom stereocenters. The first-order chi connectivity index (χ1) is 19.9. The Bertz CT molecular complexity index is 1320. The van der Waals surface area contributed by atoms with E-state index in [-0.39, 0.29) is 0 Å². The number of anilines is 1. The molecule has 0 bridgehead atoms. The number of carbonyl (C=O) groups is 2. The summed E-state index contributed by atoms with van der Waals surface area (Å²) in [5.74, 6) is -5.76. The van der Waals surface area contributed by atoms with Crippen molar-refractivity contribution < 1.29 is 50.7 Å². The van der Waals surface area contributed by atoms with Gasteiger partial charge in [-0.3, -0.25) is 0 Å². The molecule has 0 fully saturated rings. The fourth-order valence-corrected chi connectivity index (χ4v) is 3.47. The highest BCUT2D eigenvalue weighted by molar-refractivity contribution is 5.73. The Morgan fingerprint density at radius 3 is 1.84 bits per heavy atom. The Morgan fingerprint density at radius 1 is 0.953 bits per heavy atom. The molecule has 0 aliphatic rings. The lowest BCUT2D eigenvalue weighted by Gasteiger charge is -2.11. The first-order valence-electron chi connectivity index (χ1n) is 12.6. The largest absolute Gasteiger partial charge is 0.542 e. The van der Waals surface area contributed by atoms with Crippen LogP contribution in [0.5, 0.6) is 0 Å². The maximum Gasteiger partial charge on any atom is 0.490 e. The number of pyridine rings is 1. The Morgan fingerprint density at radius 2 is 1.44 bits per heavy atom. The van der Waals surface area contributed by atoms with E-state index < -0.39 is 24.3 Å². The van der Waals surface area contributed by atoms with Crippen LogP contribution in [0, 0.1) is 13.8 Å². The summed E-state index contributed by atoms with van der Waals surface area (Å²) < 4.78 is 65.7. The molecule has 0 spiro atoms. The van der Waals surface area contributed by atoms with Crippen LogP contribution in [0.3, 0.4) is 0 Å². The summed E-state index contributed by atoms with van der Waals surface area (Å²) >= 11 is 0. The number of imidazole rings is 1. The van der Waals surface area contributed by atoms with Crippen LogP contribution in [0.25, 0.3) is 12.2 Å². The van der Waals surface area contributed by atoms with Gasteiger partial charge in [0.15, 0.2) is 11.4 Å². The molecule has 0 aliphatic heterocycles. The van der Waals surface area contributed by atoms with Crippen molar-refractivity contribution in [3.05, 3.63) is 89.3 Å². The second-order valence-corrected chi connectivity index (χ2v) is 9.20. The molecule has 3 rings (SSSR count). The standard InChI is InChI=1S/C25H31N4.2C2HF3O2/c1-20-16-23(9-6-5-8-22-11-13-25(14-12-22)28(3)4)17-21(2)29(20)15-7-10-24-18-26-19-27-24;2*3-2(4,5)1(6)7/h5-6,8-9,11-14,16-19H,7,10,15H2,1-4H3,(H,26,27);2*(H,6,7)/q+1;;/p-1. The summed E-state index contributed by atoms with van der Waals surface area (Å²) in [5.41, 5.74) is 7.43. The van der Waals surface area contributed by atoms with Gasteiger partial charge in [0, 0.05) is 64.1 Å². The van der Waals surface area contributed by atoms with E-state index >= 15 is 0 Å². The van der Waals surface area contributed by atoms with E-state index in [9.17, 15) is 26.3 Å². The average Bonchev–Trinajstić information content (AvgIpc) is 3.42. The molecule has 0 saturated carbocycles. The van der Waals surface area contributed by atoms with Gasteiger partial charge in [-0.05, 0) is 29.7 Å². The van der Waals surface area contributed by atoms with E-state index in [0.717, 1.165) is 19.4 Å². The molecule has 3 aromatic rings. The van der Waals surface area contributed by atoms with Crippen LogP contribution >= 0.6 is 0 Å². The maximum atomic E-state index is 10.6. The highest BCUT2D eigenvalue weighted by Crippen LogP contribution is 2.14. The van der Waals surface area contributed by atoms with Crippen molar-refractivity contribution in [2.24, 2.45) is 0 Å². The number of aromatic nitrogens is 3. The minimum absolute atomic E-state index is 1.02. The van der Waals surface area contributed by atoms with Gasteiger partial charge in [-0.2, -0.15) is 26.3 Å². The Balaban J connectivity index is 0.000000548. The number of aliphatic carboxylic acids is 2. The number of alkyl halides is 6. The molecule has 2 heterocycles. The van der Waals surface area contributed by atoms with Crippen LogP contribution in [0.4, 0.5) is 32.0 Å². The molecule has 0 aliphatic carbocycles. The van der Waals surface area contributed by atoms with Crippen molar-refractivity contribution in [3.63, 3.8) is 0 Å². The average molecular weight is 615 g/mol. The number of aryl methyl sites for hydroxylation is 3. The van der Waals surface area contributed by atoms with Crippen molar-refractivity contribution in [2.45, 2.75) is 45.6 Å². The number of hydrogen-bond donors (Lipinski definition) is 2. The van der Waals surface area contributed by atoms with Crippen LogP contribution in [-0.4, -0.2) is 53.5 Å². The number of nitrogens with zero attached hydrogens (tertiary/aromatic N) is 3. The predicted octanol–water partition coefficient (Wildman–Crippen LogP) is 4.67. The number of allylic oxidation sites excluding steroid dienone is 2. The van der Waals surface area contributed by atoms with Crippen molar-refractivity contribution >= 4 is 29.8 Å². The Labute approximate surface area is 244 Å². The summed E-state index contributed by atoms with van der Waals surface area (Å²) in [6.07, 6.45) is 3.99. The summed E-state index contributed by atoms with van der Waals surface area (Å²) in [7, 11) is 4.11. The van der Waals surface area contributed by atoms with Gasteiger partial charge in [0.1, 0.15) is 12.5 Å². The Kier molecular flexibility index (Phi) is 14.2. The fourth-order valence-electron chi connectivity index (χ4n) is 3.47. The van der Waals surface area contributed by atoms with Crippen LogP contribution in [0.2, 0.25) is 0 Å². The topological polar surface area (TPSA) is 113 Å². The molecular weight excluding hydrogens is 582 g/mol. The minimum atomic E-state index is -5.19. The Hall–Kier alpha value is -4.62. The van der Waals surface area contributed by atoms with Crippen molar-refractivity contribution in [1.82, 2.24) is 9.97 Å². The molecule has 0 saturated heterocycles. The molecule has 8 nitrogen and oxygen atoms in total. The quantitative estimate of drug-likeness (QED) is 0.217. The third-order valence-corrected chi connectivity index (χ3v) is 5.56. The molecule has 2 N–H and O–H groups in total. The number of halogens is 6. The molecular formula is C29H32F6N4O4. The number of rotatable bonds is 8. The van der Waals surface area contributed by atoms with Crippen molar-refractivity contribution in [2.75, 3.05) is 19.0 Å². The van der Waals surface area contributed by atoms with Gasteiger partial charge in [-0.1, -0.05) is 36.4 Å². The number of H-pyrrole nitrogens is 1. The minimum Gasteiger partial charge on any atom is -0.542 e. The van der Waals surface area contributed by atoms with Gasteiger partial charge in [0.2, 0.25) is 0 Å². The summed E-state index contributed by atoms with van der Waals surface area (Å²) in [4.78, 5) is 27.0. The first kappa shape index (κ1) is 36.4. The molecule has 234 valence electrons. The lowest BCUT2D eigenvalue weighted by Crippen LogP contribution is -2.40. The van der Waals surface area contributed by atoms with Gasteiger partial charge in [0.25, 0.3) is 0 Å². The highest BCUT2D eigenvalue weighted by atomic mass is 19.4. The van der Waals surface area contributed by atoms with E-state index in [1.54, 1.807) is 6.33 Å². The highest BCUT2D eigenvalue weighted by Gasteiger charge is 2.38. The van der Waals surface area contributed by atoms with Gasteiger partial charge in [-0.15, -0.1) is 0 Å². The SMILES string of the molecule is Cc1cc(/C=C/C=C/c2ccc(N(C)C)cc2)cc(C)[n+]1CCCc1cnc[nH]1.O=C(O)C(F)(F)F.O=C([O-])C(F)(F)F. The lowest BCUT2D eigenvalue weighted by atomic mass is 10.1. The second kappa shape index (κ2) is 16.7. The van der Waals surface area contributed by atoms with Gasteiger partial charge in [-0.25, -0.2) is 14.3 Å². The van der Waals surface area contributed by atoms with Gasteiger partial charge in [0.05, 0.1) is 6.33 Å². The van der Waals surface area contributed by atoms with Crippen LogP contribution < -0.4 is 14.6 Å². The number of hydrogen-bond acceptors (Lipinski definition) is 5. The first-order valence-corrected chi connectivity index (χ1v) is 12.6. The van der Waals surface area contributed by atoms with Crippen molar-refractivity contribution in [1.29, 1.82) is 0 Å². The zero-order valence-electron chi connectivity index (χ0n) is 23.8. The smallest absolute Gasteiger partial charge is 0.490 e. The second-order valence-electron chi connectivity index (χ2n) is 9.20. The van der Waals surface area contributed by atoms with Crippen LogP contribution in [-0.2, 0) is 22.6 Å². The predicted molar refractivity (Wildman–Crippen MR) is 147 cm³/mol. The monoisotopic (exact) mass is 614 g/mol. The molecule has 2 aromatic heterocycles.